The molecule has 2 aromatic carbocycles. The minimum atomic E-state index is -4.66. The van der Waals surface area contributed by atoms with Crippen LogP contribution in [0.4, 0.5) is 52.6 Å². The lowest BCUT2D eigenvalue weighted by molar-refractivity contribution is -0.137. The summed E-state index contributed by atoms with van der Waals surface area (Å²) in [4.78, 5) is 35.1. The first-order valence-electron chi connectivity index (χ1n) is 13.4. The number of urea groups is 1. The van der Waals surface area contributed by atoms with Crippen LogP contribution in [0, 0.1) is 13.8 Å². The van der Waals surface area contributed by atoms with E-state index in [1.165, 1.54) is 35.4 Å². The maximum atomic E-state index is 14.0. The van der Waals surface area contributed by atoms with Crippen molar-refractivity contribution < 1.29 is 18.0 Å². The van der Waals surface area contributed by atoms with E-state index >= 15 is 0 Å². The molecule has 14 heteroatoms. The molecule has 6 rings (SSSR count). The van der Waals surface area contributed by atoms with Gasteiger partial charge in [-0.2, -0.15) is 13.2 Å². The highest BCUT2D eigenvalue weighted by Crippen LogP contribution is 2.37. The van der Waals surface area contributed by atoms with Crippen LogP contribution in [0.3, 0.4) is 0 Å². The quantitative estimate of drug-likeness (QED) is 0.159. The third kappa shape index (κ3) is 6.12. The van der Waals surface area contributed by atoms with Crippen molar-refractivity contribution in [1.29, 1.82) is 0 Å². The Labute approximate surface area is 244 Å². The molecule has 1 fully saturated rings. The normalized spacial score (nSPS) is 13.0. The van der Waals surface area contributed by atoms with Crippen molar-refractivity contribution in [3.05, 3.63) is 90.5 Å². The summed E-state index contributed by atoms with van der Waals surface area (Å²) in [7, 11) is 0. The van der Waals surface area contributed by atoms with Crippen LogP contribution in [-0.2, 0) is 6.18 Å². The smallest absolute Gasteiger partial charge is 0.367 e. The van der Waals surface area contributed by atoms with Crippen molar-refractivity contribution in [1.82, 2.24) is 29.5 Å². The molecule has 220 valence electrons. The third-order valence-corrected chi connectivity index (χ3v) is 6.86. The van der Waals surface area contributed by atoms with Gasteiger partial charge in [0.1, 0.15) is 23.8 Å². The van der Waals surface area contributed by atoms with Crippen molar-refractivity contribution in [2.45, 2.75) is 38.9 Å². The van der Waals surface area contributed by atoms with Crippen molar-refractivity contribution in [3.8, 4) is 5.69 Å². The SMILES string of the molecule is Cc1ccc(NC(=O)Nc2ccc(-n3ccnc3C)c(C(F)(F)F)c2)cc1N(c1cc(NC2CC2)ncn1)c1ncc[nH]1. The van der Waals surface area contributed by atoms with E-state index in [2.05, 4.69) is 40.9 Å². The number of carbonyl (C=O) groups excluding carboxylic acids is 1. The van der Waals surface area contributed by atoms with Crippen LogP contribution in [0.2, 0.25) is 0 Å². The predicted molar refractivity (Wildman–Crippen MR) is 156 cm³/mol. The summed E-state index contributed by atoms with van der Waals surface area (Å²) < 4.78 is 43.2. The predicted octanol–water partition coefficient (Wildman–Crippen LogP) is 6.71. The molecule has 0 unspecified atom stereocenters. The number of carbonyl (C=O) groups is 1. The van der Waals surface area contributed by atoms with Gasteiger partial charge in [0.2, 0.25) is 5.95 Å². The first-order chi connectivity index (χ1) is 20.7. The van der Waals surface area contributed by atoms with Gasteiger partial charge in [-0.25, -0.2) is 24.7 Å². The van der Waals surface area contributed by atoms with E-state index in [9.17, 15) is 18.0 Å². The molecule has 1 saturated carbocycles. The van der Waals surface area contributed by atoms with Crippen LogP contribution in [0.15, 0.2) is 73.6 Å². The number of H-pyrrole nitrogens is 1. The van der Waals surface area contributed by atoms with E-state index in [1.807, 2.05) is 19.1 Å². The highest BCUT2D eigenvalue weighted by atomic mass is 19.4. The van der Waals surface area contributed by atoms with Gasteiger partial charge < -0.3 is 25.5 Å². The van der Waals surface area contributed by atoms with Crippen molar-refractivity contribution in [2.75, 3.05) is 20.9 Å². The van der Waals surface area contributed by atoms with Crippen LogP contribution in [0.1, 0.15) is 29.8 Å². The lowest BCUT2D eigenvalue weighted by atomic mass is 10.1. The molecule has 0 spiro atoms. The maximum absolute atomic E-state index is 14.0. The topological polar surface area (TPSA) is 129 Å². The summed E-state index contributed by atoms with van der Waals surface area (Å²) in [5, 5.41) is 8.59. The number of aryl methyl sites for hydroxylation is 2. The second-order valence-corrected chi connectivity index (χ2v) is 10.1. The van der Waals surface area contributed by atoms with Crippen molar-refractivity contribution >= 4 is 40.7 Å². The van der Waals surface area contributed by atoms with Gasteiger partial charge in [0.05, 0.1) is 16.9 Å². The number of alkyl halides is 3. The van der Waals surface area contributed by atoms with Crippen LogP contribution >= 0.6 is 0 Å². The number of hydrogen-bond acceptors (Lipinski definition) is 7. The summed E-state index contributed by atoms with van der Waals surface area (Å²) in [5.41, 5.74) is 0.920. The number of halogens is 3. The van der Waals surface area contributed by atoms with E-state index < -0.39 is 17.8 Å². The molecule has 0 saturated heterocycles. The first-order valence-corrected chi connectivity index (χ1v) is 13.4. The minimum absolute atomic E-state index is 0.0208. The van der Waals surface area contributed by atoms with Gasteiger partial charge in [-0.05, 0) is 62.6 Å². The molecule has 1 aliphatic rings. The molecule has 0 bridgehead atoms. The number of aromatic amines is 1. The first kappa shape index (κ1) is 27.8. The van der Waals surface area contributed by atoms with Gasteiger partial charge in [-0.1, -0.05) is 6.07 Å². The molecule has 0 atom stereocenters. The fourth-order valence-corrected chi connectivity index (χ4v) is 4.62. The van der Waals surface area contributed by atoms with Gasteiger partial charge in [-0.3, -0.25) is 4.90 Å². The van der Waals surface area contributed by atoms with Crippen LogP contribution in [0.25, 0.3) is 5.69 Å². The molecular formula is C29H27F3N10O. The van der Waals surface area contributed by atoms with Crippen molar-refractivity contribution in [3.63, 3.8) is 0 Å². The van der Waals surface area contributed by atoms with Gasteiger partial charge in [0.25, 0.3) is 0 Å². The monoisotopic (exact) mass is 588 g/mol. The number of rotatable bonds is 8. The Morgan fingerprint density at radius 1 is 0.977 bits per heavy atom. The van der Waals surface area contributed by atoms with E-state index in [1.54, 1.807) is 36.4 Å². The van der Waals surface area contributed by atoms with Crippen LogP contribution in [0.5, 0.6) is 0 Å². The second kappa shape index (κ2) is 11.1. The van der Waals surface area contributed by atoms with Gasteiger partial charge in [-0.15, -0.1) is 0 Å². The zero-order chi connectivity index (χ0) is 30.1. The fraction of sp³-hybridized carbons (Fsp3) is 0.207. The largest absolute Gasteiger partial charge is 0.418 e. The maximum Gasteiger partial charge on any atom is 0.418 e. The summed E-state index contributed by atoms with van der Waals surface area (Å²) in [6.07, 6.45) is 5.16. The number of benzene rings is 2. The van der Waals surface area contributed by atoms with E-state index in [4.69, 9.17) is 0 Å². The summed E-state index contributed by atoms with van der Waals surface area (Å²) >= 11 is 0. The Hall–Kier alpha value is -5.40. The standard InChI is InChI=1S/C29H27F3N10O/c1-17-3-4-21(14-24(17)42(27-34-9-10-35-27)26-15-25(36-16-37-26)38-19-5-6-19)40-28(43)39-20-7-8-23(22(13-20)29(30,31)32)41-12-11-33-18(41)2/h3-4,7-16,19H,5-6H2,1-2H3,(H,34,35)(H,36,37,38)(H2,39,40,43). The zero-order valence-electron chi connectivity index (χ0n) is 23.1. The van der Waals surface area contributed by atoms with Gasteiger partial charge in [0.15, 0.2) is 0 Å². The second-order valence-electron chi connectivity index (χ2n) is 10.1. The molecule has 2 amide bonds. The van der Waals surface area contributed by atoms with Crippen LogP contribution < -0.4 is 20.9 Å². The van der Waals surface area contributed by atoms with Crippen molar-refractivity contribution in [2.24, 2.45) is 0 Å². The van der Waals surface area contributed by atoms with Crippen LogP contribution in [-0.4, -0.2) is 41.6 Å². The molecular weight excluding hydrogens is 561 g/mol. The highest BCUT2D eigenvalue weighted by molar-refractivity contribution is 6.00. The Balaban J connectivity index is 1.26. The molecule has 11 nitrogen and oxygen atoms in total. The highest BCUT2D eigenvalue weighted by Gasteiger charge is 2.35. The lowest BCUT2D eigenvalue weighted by Crippen LogP contribution is -2.21. The number of anilines is 6. The number of nitrogens with one attached hydrogen (secondary N) is 4. The Morgan fingerprint density at radius 3 is 2.42 bits per heavy atom. The molecule has 0 radical (unpaired) electrons. The van der Waals surface area contributed by atoms with Gasteiger partial charge >= 0.3 is 12.2 Å². The number of nitrogens with zero attached hydrogens (tertiary/aromatic N) is 6. The average Bonchev–Trinajstić information content (AvgIpc) is 3.41. The van der Waals surface area contributed by atoms with E-state index in [-0.39, 0.29) is 11.4 Å². The average molecular weight is 589 g/mol. The summed E-state index contributed by atoms with van der Waals surface area (Å²) in [6.45, 7) is 3.51. The summed E-state index contributed by atoms with van der Waals surface area (Å²) in [6, 6.07) is 10.4. The molecule has 5 aromatic rings. The Morgan fingerprint density at radius 2 is 1.74 bits per heavy atom. The summed E-state index contributed by atoms with van der Waals surface area (Å²) in [5.74, 6) is 2.13. The molecule has 43 heavy (non-hydrogen) atoms. The zero-order valence-corrected chi connectivity index (χ0v) is 23.1. The molecule has 4 N–H and O–H groups in total. The molecule has 0 aliphatic heterocycles. The number of imidazole rings is 2. The lowest BCUT2D eigenvalue weighted by Gasteiger charge is -2.24. The number of hydrogen-bond donors (Lipinski definition) is 4. The number of amides is 2. The molecule has 3 aromatic heterocycles. The Bertz CT molecular complexity index is 1760. The van der Waals surface area contributed by atoms with Gasteiger partial charge in [0, 0.05) is 48.3 Å². The number of aromatic nitrogens is 6. The minimum Gasteiger partial charge on any atom is -0.367 e. The fourth-order valence-electron chi connectivity index (χ4n) is 4.62. The molecule has 1 aliphatic carbocycles. The van der Waals surface area contributed by atoms with E-state index in [0.29, 0.717) is 40.8 Å². The Kier molecular flexibility index (Phi) is 7.17. The van der Waals surface area contributed by atoms with E-state index in [0.717, 1.165) is 24.5 Å². The third-order valence-electron chi connectivity index (χ3n) is 6.86. The molecule has 3 heterocycles.